The molecule has 2 N–H and O–H groups in total. The first-order chi connectivity index (χ1) is 17.7. The minimum Gasteiger partial charge on any atom is -0.390 e. The van der Waals surface area contributed by atoms with E-state index in [1.807, 2.05) is 6.07 Å². The Morgan fingerprint density at radius 3 is 2.65 bits per heavy atom. The number of aliphatic hydroxyl groups excluding tert-OH is 2. The van der Waals surface area contributed by atoms with Crippen molar-refractivity contribution in [2.24, 2.45) is 5.41 Å². The number of hydrogen-bond donors (Lipinski definition) is 3. The van der Waals surface area contributed by atoms with E-state index in [-0.39, 0.29) is 24.0 Å². The van der Waals surface area contributed by atoms with Crippen molar-refractivity contribution in [2.75, 3.05) is 54.0 Å². The third kappa shape index (κ3) is 5.77. The second kappa shape index (κ2) is 10.9. The average Bonchev–Trinajstić information content (AvgIpc) is 3.24. The summed E-state index contributed by atoms with van der Waals surface area (Å²) in [6.45, 7) is 5.33. The predicted molar refractivity (Wildman–Crippen MR) is 148 cm³/mol. The van der Waals surface area contributed by atoms with Gasteiger partial charge in [0.15, 0.2) is 5.82 Å². The molecule has 1 spiro atoms. The second-order valence-corrected chi connectivity index (χ2v) is 15.4. The smallest absolute Gasteiger partial charge is 0.152 e. The first-order valence-corrected chi connectivity index (χ1v) is 16.5. The van der Waals surface area contributed by atoms with Crippen LogP contribution in [0, 0.1) is 5.41 Å². The van der Waals surface area contributed by atoms with Gasteiger partial charge in [-0.2, -0.15) is 0 Å². The van der Waals surface area contributed by atoms with Gasteiger partial charge in [0.05, 0.1) is 36.5 Å². The first-order valence-electron chi connectivity index (χ1n) is 12.8. The molecular weight excluding hydrogens is 534 g/mol. The normalized spacial score (nSPS) is 23.9. The van der Waals surface area contributed by atoms with Crippen LogP contribution in [0.5, 0.6) is 0 Å². The summed E-state index contributed by atoms with van der Waals surface area (Å²) in [5.74, 6) is 1.55. The lowest BCUT2D eigenvalue weighted by molar-refractivity contribution is 0.0975. The molecule has 2 atom stereocenters. The SMILES string of the molecule is C[C@H]1CC2(CCN(c3ncc(Sc4ccnc(N5CCC5C[SH](C)(=O)CO)c4Cl)nc3CO)CC2)CO1. The van der Waals surface area contributed by atoms with Gasteiger partial charge in [-0.3, -0.25) is 4.21 Å². The number of nitrogens with zero attached hydrogens (tertiary/aromatic N) is 5. The predicted octanol–water partition coefficient (Wildman–Crippen LogP) is 2.74. The van der Waals surface area contributed by atoms with Crippen LogP contribution in [0.2, 0.25) is 5.02 Å². The van der Waals surface area contributed by atoms with Gasteiger partial charge in [0.2, 0.25) is 0 Å². The lowest BCUT2D eigenvalue weighted by Gasteiger charge is -2.44. The quantitative estimate of drug-likeness (QED) is 0.410. The van der Waals surface area contributed by atoms with Gasteiger partial charge >= 0.3 is 0 Å². The molecule has 3 aliphatic rings. The maximum absolute atomic E-state index is 12.5. The van der Waals surface area contributed by atoms with Gasteiger partial charge in [-0.25, -0.2) is 15.0 Å². The molecule has 2 aromatic heterocycles. The maximum atomic E-state index is 12.5. The number of anilines is 2. The van der Waals surface area contributed by atoms with Gasteiger partial charge in [0.25, 0.3) is 0 Å². The molecule has 3 fully saturated rings. The maximum Gasteiger partial charge on any atom is 0.152 e. The summed E-state index contributed by atoms with van der Waals surface area (Å²) in [6.07, 6.45) is 9.53. The van der Waals surface area contributed by atoms with Crippen LogP contribution in [0.4, 0.5) is 11.6 Å². The summed E-state index contributed by atoms with van der Waals surface area (Å²) < 4.78 is 18.3. The van der Waals surface area contributed by atoms with Crippen molar-refractivity contribution in [1.82, 2.24) is 15.0 Å². The van der Waals surface area contributed by atoms with Crippen molar-refractivity contribution in [3.8, 4) is 0 Å². The Bertz CT molecular complexity index is 1180. The zero-order valence-corrected chi connectivity index (χ0v) is 23.8. The van der Waals surface area contributed by atoms with E-state index in [1.165, 1.54) is 11.8 Å². The Balaban J connectivity index is 1.28. The third-order valence-corrected chi connectivity index (χ3v) is 11.1. The van der Waals surface area contributed by atoms with Crippen LogP contribution in [0.1, 0.15) is 38.3 Å². The number of ether oxygens (including phenoxy) is 1. The molecule has 0 aromatic carbocycles. The number of hydrogen-bond acceptors (Lipinski definition) is 10. The topological polar surface area (TPSA) is 112 Å². The summed E-state index contributed by atoms with van der Waals surface area (Å²) in [5.41, 5.74) is 0.837. The monoisotopic (exact) mass is 569 g/mol. The van der Waals surface area contributed by atoms with Gasteiger partial charge in [-0.1, -0.05) is 33.3 Å². The molecule has 37 heavy (non-hydrogen) atoms. The molecule has 0 bridgehead atoms. The number of halogens is 1. The molecule has 5 heterocycles. The minimum absolute atomic E-state index is 0.0518. The molecule has 204 valence electrons. The van der Waals surface area contributed by atoms with E-state index in [4.69, 9.17) is 26.3 Å². The average molecular weight is 570 g/mol. The zero-order chi connectivity index (χ0) is 26.2. The lowest BCUT2D eigenvalue weighted by Crippen LogP contribution is -2.53. The van der Waals surface area contributed by atoms with Crippen LogP contribution in [-0.4, -0.2) is 85.7 Å². The molecule has 0 radical (unpaired) electrons. The van der Waals surface area contributed by atoms with E-state index < -0.39 is 9.93 Å². The van der Waals surface area contributed by atoms with Crippen LogP contribution in [0.3, 0.4) is 0 Å². The van der Waals surface area contributed by atoms with Crippen LogP contribution < -0.4 is 9.80 Å². The molecule has 5 rings (SSSR count). The lowest BCUT2D eigenvalue weighted by atomic mass is 9.77. The van der Waals surface area contributed by atoms with Gasteiger partial charge in [-0.05, 0) is 50.3 Å². The highest BCUT2D eigenvalue weighted by Crippen LogP contribution is 2.43. The zero-order valence-electron chi connectivity index (χ0n) is 21.3. The Morgan fingerprint density at radius 2 is 2.03 bits per heavy atom. The summed E-state index contributed by atoms with van der Waals surface area (Å²) >= 11 is 8.16. The van der Waals surface area contributed by atoms with Crippen molar-refractivity contribution >= 4 is 44.9 Å². The number of rotatable bonds is 8. The van der Waals surface area contributed by atoms with Gasteiger partial charge < -0.3 is 24.7 Å². The standard InChI is InChI=1S/C25H36ClN5O4S2/c1-17-11-25(15-35-17)5-9-30(10-6-25)23-19(13-32)29-21(12-28-23)36-20-3-7-27-24(22(20)26)31-8-4-18(31)14-37(2,34)16-33/h3,7,12,17-18,32-33,37H,4-6,8-11,13-16H2,1-2H3/t17-,18?/m0/s1. The molecule has 12 heteroatoms. The molecule has 0 aliphatic carbocycles. The molecule has 1 unspecified atom stereocenters. The molecule has 3 saturated heterocycles. The fraction of sp³-hybridized carbons (Fsp3) is 0.640. The number of aromatic nitrogens is 3. The van der Waals surface area contributed by atoms with Gasteiger partial charge in [-0.15, -0.1) is 0 Å². The van der Waals surface area contributed by atoms with E-state index in [2.05, 4.69) is 21.7 Å². The summed E-state index contributed by atoms with van der Waals surface area (Å²) in [4.78, 5) is 19.0. The van der Waals surface area contributed by atoms with Crippen molar-refractivity contribution in [2.45, 2.75) is 61.3 Å². The van der Waals surface area contributed by atoms with Gasteiger partial charge in [0, 0.05) is 42.5 Å². The molecule has 3 aliphatic heterocycles. The van der Waals surface area contributed by atoms with Crippen LogP contribution in [0.15, 0.2) is 28.4 Å². The Hall–Kier alpha value is -1.50. The minimum atomic E-state index is -2.59. The van der Waals surface area contributed by atoms with E-state index in [0.717, 1.165) is 62.6 Å². The van der Waals surface area contributed by atoms with Crippen molar-refractivity contribution in [1.29, 1.82) is 0 Å². The molecule has 0 saturated carbocycles. The Kier molecular flexibility index (Phi) is 8.00. The second-order valence-electron chi connectivity index (χ2n) is 10.8. The summed E-state index contributed by atoms with van der Waals surface area (Å²) in [6, 6.07) is 1.89. The number of piperidine rings is 1. The van der Waals surface area contributed by atoms with Gasteiger partial charge in [0.1, 0.15) is 16.5 Å². The fourth-order valence-electron chi connectivity index (χ4n) is 5.63. The van der Waals surface area contributed by atoms with Crippen molar-refractivity contribution < 1.29 is 19.2 Å². The number of aliphatic hydroxyl groups is 2. The first kappa shape index (κ1) is 27.1. The van der Waals surface area contributed by atoms with E-state index >= 15 is 0 Å². The molecular formula is C25H36ClN5O4S2. The molecule has 2 aromatic rings. The summed E-state index contributed by atoms with van der Waals surface area (Å²) in [7, 11) is -2.59. The van der Waals surface area contributed by atoms with Crippen LogP contribution in [0.25, 0.3) is 0 Å². The summed E-state index contributed by atoms with van der Waals surface area (Å²) in [5, 5.41) is 20.7. The van der Waals surface area contributed by atoms with E-state index in [0.29, 0.717) is 33.4 Å². The fourth-order valence-corrected chi connectivity index (χ4v) is 8.15. The van der Waals surface area contributed by atoms with E-state index in [1.54, 1.807) is 18.6 Å². The largest absolute Gasteiger partial charge is 0.390 e. The van der Waals surface area contributed by atoms with E-state index in [9.17, 15) is 14.4 Å². The number of thiol groups is 1. The third-order valence-electron chi connectivity index (χ3n) is 7.83. The molecule has 0 amide bonds. The van der Waals surface area contributed by atoms with Crippen molar-refractivity contribution in [3.63, 3.8) is 0 Å². The highest BCUT2D eigenvalue weighted by molar-refractivity contribution is 8.02. The highest BCUT2D eigenvalue weighted by Gasteiger charge is 2.41. The Labute approximate surface area is 228 Å². The van der Waals surface area contributed by atoms with Crippen LogP contribution >= 0.6 is 23.4 Å². The van der Waals surface area contributed by atoms with Crippen LogP contribution in [-0.2, 0) is 21.3 Å². The number of pyridine rings is 1. The van der Waals surface area contributed by atoms with Crippen molar-refractivity contribution in [3.05, 3.63) is 29.2 Å². The Morgan fingerprint density at radius 1 is 1.24 bits per heavy atom. The molecule has 9 nitrogen and oxygen atoms in total. The highest BCUT2D eigenvalue weighted by atomic mass is 35.5.